The number of ether oxygens (including phenoxy) is 2. The van der Waals surface area contributed by atoms with Gasteiger partial charge in [0, 0.05) is 18.5 Å². The van der Waals surface area contributed by atoms with Gasteiger partial charge in [-0.25, -0.2) is 25.0 Å². The molecule has 4 N–H and O–H groups in total. The number of hydrazine groups is 1. The number of hydrogen-bond acceptors (Lipinski definition) is 8. The third kappa shape index (κ3) is 9.65. The van der Waals surface area contributed by atoms with Crippen molar-refractivity contribution in [3.63, 3.8) is 0 Å². The van der Waals surface area contributed by atoms with Crippen LogP contribution in [0.5, 0.6) is 0 Å². The molecule has 1 saturated carbocycles. The first-order valence-electron chi connectivity index (χ1n) is 19.2. The summed E-state index contributed by atoms with van der Waals surface area (Å²) in [5, 5.41) is 7.09. The first-order chi connectivity index (χ1) is 26.3. The van der Waals surface area contributed by atoms with E-state index in [9.17, 15) is 24.0 Å². The zero-order chi connectivity index (χ0) is 39.8. The molecule has 14 nitrogen and oxygen atoms in total. The first kappa shape index (κ1) is 40.8. The molecule has 2 aliphatic rings. The number of likely N-dealkylation sites (tertiary alicyclic amines) is 1. The van der Waals surface area contributed by atoms with Crippen LogP contribution in [0.1, 0.15) is 96.6 Å². The summed E-state index contributed by atoms with van der Waals surface area (Å²) in [4.78, 5) is 74.4. The Kier molecular flexibility index (Phi) is 13.6. The summed E-state index contributed by atoms with van der Waals surface area (Å²) in [6.45, 7) is 9.90. The molecule has 1 saturated heterocycles. The highest BCUT2D eigenvalue weighted by molar-refractivity contribution is 5.89. The van der Waals surface area contributed by atoms with Crippen molar-refractivity contribution in [1.82, 2.24) is 35.9 Å². The van der Waals surface area contributed by atoms with Crippen molar-refractivity contribution in [2.75, 3.05) is 20.8 Å². The lowest BCUT2D eigenvalue weighted by molar-refractivity contribution is -0.147. The van der Waals surface area contributed by atoms with Gasteiger partial charge in [-0.2, -0.15) is 0 Å². The summed E-state index contributed by atoms with van der Waals surface area (Å²) in [6, 6.07) is 14.7. The molecule has 0 spiro atoms. The largest absolute Gasteiger partial charge is 0.453 e. The molecule has 1 aliphatic carbocycles. The Morgan fingerprint density at radius 1 is 0.782 bits per heavy atom. The summed E-state index contributed by atoms with van der Waals surface area (Å²) in [7, 11) is 2.53. The number of imidazole rings is 1. The Labute approximate surface area is 323 Å². The smallest absolute Gasteiger partial charge is 0.425 e. The molecule has 3 aromatic rings. The predicted molar refractivity (Wildman–Crippen MR) is 207 cm³/mol. The minimum Gasteiger partial charge on any atom is -0.453 e. The number of hydrogen-bond donors (Lipinski definition) is 4. The van der Waals surface area contributed by atoms with Gasteiger partial charge in [0.25, 0.3) is 0 Å². The van der Waals surface area contributed by atoms with E-state index in [-0.39, 0.29) is 41.8 Å². The lowest BCUT2D eigenvalue weighted by Gasteiger charge is -2.35. The zero-order valence-corrected chi connectivity index (χ0v) is 32.9. The highest BCUT2D eigenvalue weighted by Gasteiger charge is 2.40. The lowest BCUT2D eigenvalue weighted by atomic mass is 9.77. The fourth-order valence-corrected chi connectivity index (χ4v) is 7.56. The number of nitrogens with one attached hydrogen (secondary N) is 4. The van der Waals surface area contributed by atoms with Crippen molar-refractivity contribution < 1.29 is 33.4 Å². The molecule has 0 radical (unpaired) electrons. The van der Waals surface area contributed by atoms with Crippen LogP contribution in [0.3, 0.4) is 0 Å². The van der Waals surface area contributed by atoms with Crippen molar-refractivity contribution in [3.8, 4) is 22.4 Å². The van der Waals surface area contributed by atoms with Gasteiger partial charge < -0.3 is 30.0 Å². The molecule has 5 atom stereocenters. The zero-order valence-electron chi connectivity index (χ0n) is 32.9. The van der Waals surface area contributed by atoms with Crippen LogP contribution in [0.2, 0.25) is 0 Å². The molecule has 14 heteroatoms. The third-order valence-electron chi connectivity index (χ3n) is 10.7. The Bertz CT molecular complexity index is 1810. The van der Waals surface area contributed by atoms with Gasteiger partial charge in [0.1, 0.15) is 11.9 Å². The fraction of sp³-hybridized carbons (Fsp3) is 0.512. The Morgan fingerprint density at radius 3 is 1.98 bits per heavy atom. The molecule has 2 fully saturated rings. The van der Waals surface area contributed by atoms with Gasteiger partial charge in [0.15, 0.2) is 0 Å². The third-order valence-corrected chi connectivity index (χ3v) is 10.7. The van der Waals surface area contributed by atoms with Gasteiger partial charge in [-0.3, -0.25) is 14.4 Å². The number of methoxy groups -OCH3 is 2. The molecular weight excluding hydrogens is 702 g/mol. The number of rotatable bonds is 11. The van der Waals surface area contributed by atoms with Crippen molar-refractivity contribution in [1.29, 1.82) is 0 Å². The SMILES string of the molecule is COC(=O)N[C@H](C(=O)N1CCC[C@H]1c1ncc(-c2ccc(-c3ccc([C@H](C)NC(=O)C4CCCC[C@H]4C(=O)N(NC(=O)OC)C(C)C)cc3)cc2)[nH]1)C(C)C. The van der Waals surface area contributed by atoms with Crippen molar-refractivity contribution in [3.05, 3.63) is 66.1 Å². The van der Waals surface area contributed by atoms with Crippen LogP contribution in [0.4, 0.5) is 9.59 Å². The van der Waals surface area contributed by atoms with E-state index in [1.807, 2.05) is 69.3 Å². The van der Waals surface area contributed by atoms with Crippen molar-refractivity contribution in [2.45, 2.75) is 97.3 Å². The van der Waals surface area contributed by atoms with Crippen LogP contribution in [0.25, 0.3) is 22.4 Å². The predicted octanol–water partition coefficient (Wildman–Crippen LogP) is 6.28. The van der Waals surface area contributed by atoms with E-state index in [2.05, 4.69) is 26.0 Å². The van der Waals surface area contributed by atoms with Gasteiger partial charge in [-0.15, -0.1) is 0 Å². The summed E-state index contributed by atoms with van der Waals surface area (Å²) in [6.07, 6.45) is 4.90. The number of amides is 5. The van der Waals surface area contributed by atoms with E-state index in [1.54, 1.807) is 24.9 Å². The van der Waals surface area contributed by atoms with E-state index < -0.39 is 30.1 Å². The quantitative estimate of drug-likeness (QED) is 0.165. The monoisotopic (exact) mass is 757 g/mol. The van der Waals surface area contributed by atoms with Crippen LogP contribution in [0, 0.1) is 17.8 Å². The molecule has 1 aliphatic heterocycles. The second-order valence-corrected chi connectivity index (χ2v) is 15.1. The van der Waals surface area contributed by atoms with Gasteiger partial charge in [-0.05, 0) is 74.6 Å². The maximum absolute atomic E-state index is 13.6. The molecular formula is C41H55N7O7. The van der Waals surface area contributed by atoms with Gasteiger partial charge in [0.2, 0.25) is 17.7 Å². The Morgan fingerprint density at radius 2 is 1.38 bits per heavy atom. The van der Waals surface area contributed by atoms with E-state index in [4.69, 9.17) is 9.47 Å². The first-order valence-corrected chi connectivity index (χ1v) is 19.2. The number of benzene rings is 2. The molecule has 1 aromatic heterocycles. The average Bonchev–Trinajstić information content (AvgIpc) is 3.89. The summed E-state index contributed by atoms with van der Waals surface area (Å²) < 4.78 is 9.45. The van der Waals surface area contributed by atoms with Crippen molar-refractivity contribution >= 4 is 29.9 Å². The maximum Gasteiger partial charge on any atom is 0.425 e. The fourth-order valence-electron chi connectivity index (χ4n) is 7.56. The lowest BCUT2D eigenvalue weighted by Crippen LogP contribution is -2.54. The van der Waals surface area contributed by atoms with Crippen LogP contribution in [-0.4, -0.2) is 82.6 Å². The highest BCUT2D eigenvalue weighted by Crippen LogP contribution is 2.35. The van der Waals surface area contributed by atoms with E-state index in [0.29, 0.717) is 25.2 Å². The minimum absolute atomic E-state index is 0.113. The molecule has 5 rings (SSSR count). The van der Waals surface area contributed by atoms with Crippen LogP contribution in [0.15, 0.2) is 54.7 Å². The van der Waals surface area contributed by atoms with Gasteiger partial charge in [0.05, 0.1) is 44.1 Å². The van der Waals surface area contributed by atoms with E-state index >= 15 is 0 Å². The van der Waals surface area contributed by atoms with Crippen LogP contribution < -0.4 is 16.1 Å². The number of aromatic amines is 1. The molecule has 0 bridgehead atoms. The van der Waals surface area contributed by atoms with Crippen molar-refractivity contribution in [2.24, 2.45) is 17.8 Å². The number of aromatic nitrogens is 2. The molecule has 1 unspecified atom stereocenters. The van der Waals surface area contributed by atoms with Crippen LogP contribution >= 0.6 is 0 Å². The Hall–Kier alpha value is -5.40. The van der Waals surface area contributed by atoms with E-state index in [1.165, 1.54) is 19.2 Å². The second kappa shape index (κ2) is 18.3. The second-order valence-electron chi connectivity index (χ2n) is 15.1. The summed E-state index contributed by atoms with van der Waals surface area (Å²) in [5.74, 6) is -1.05. The number of nitrogens with zero attached hydrogens (tertiary/aromatic N) is 3. The maximum atomic E-state index is 13.6. The summed E-state index contributed by atoms with van der Waals surface area (Å²) in [5.41, 5.74) is 7.28. The molecule has 5 amide bonds. The summed E-state index contributed by atoms with van der Waals surface area (Å²) >= 11 is 0. The van der Waals surface area contributed by atoms with Crippen LogP contribution in [-0.2, 0) is 23.9 Å². The number of alkyl carbamates (subject to hydrolysis) is 1. The molecule has 55 heavy (non-hydrogen) atoms. The molecule has 2 heterocycles. The number of carbonyl (C=O) groups excluding carboxylic acids is 5. The Balaban J connectivity index is 1.21. The van der Waals surface area contributed by atoms with Gasteiger partial charge in [-0.1, -0.05) is 75.2 Å². The average molecular weight is 758 g/mol. The normalized spacial score (nSPS) is 19.4. The highest BCUT2D eigenvalue weighted by atomic mass is 16.5. The van der Waals surface area contributed by atoms with E-state index in [0.717, 1.165) is 53.6 Å². The number of H-pyrrole nitrogens is 1. The molecule has 2 aromatic carbocycles. The molecule has 296 valence electrons. The standard InChI is InChI=1S/C41H55N7O7/c1-24(2)35(45-40(52)54-6)39(51)47-22-10-13-34(47)36-42-23-33(44-36)30-20-18-29(19-21-30)28-16-14-27(15-17-28)26(5)43-37(49)31-11-8-9-12-32(31)38(50)48(25(3)4)46-41(53)55-7/h14-21,23-26,31-32,34-35H,8-13,22H2,1-7H3,(H,42,44)(H,43,49)(H,45,52)(H,46,53)/t26-,31?,32+,34-,35-/m0/s1. The minimum atomic E-state index is -0.727. The topological polar surface area (TPSA) is 175 Å². The van der Waals surface area contributed by atoms with Gasteiger partial charge >= 0.3 is 12.2 Å². The number of carbonyl (C=O) groups is 5.